The fourth-order valence-corrected chi connectivity index (χ4v) is 8.97. The number of halogens is 2. The van der Waals surface area contributed by atoms with E-state index in [-0.39, 0.29) is 55.0 Å². The molecule has 3 aliphatic heterocycles. The molecule has 1 aliphatic carbocycles. The number of nitrogens with zero attached hydrogens (tertiary/aromatic N) is 4. The second-order valence-electron chi connectivity index (χ2n) is 15.5. The molecule has 1 N–H and O–H groups in total. The van der Waals surface area contributed by atoms with E-state index in [4.69, 9.17) is 23.9 Å². The van der Waals surface area contributed by atoms with Crippen LogP contribution in [0.1, 0.15) is 58.9 Å². The molecule has 2 bridgehead atoms. The molecule has 3 unspecified atom stereocenters. The van der Waals surface area contributed by atoms with Gasteiger partial charge >= 0.3 is 6.09 Å². The third kappa shape index (κ3) is 7.32. The third-order valence-electron chi connectivity index (χ3n) is 10.8. The molecule has 1 amide bonds. The summed E-state index contributed by atoms with van der Waals surface area (Å²) in [5.41, 5.74) is 2.00. The monoisotopic (exact) mass is 835 g/mol. The van der Waals surface area contributed by atoms with Crippen molar-refractivity contribution in [3.8, 4) is 28.8 Å². The van der Waals surface area contributed by atoms with Crippen molar-refractivity contribution < 1.29 is 28.1 Å². The number of likely N-dealkylation sites (tertiary alicyclic amines) is 1. The van der Waals surface area contributed by atoms with Gasteiger partial charge in [0, 0.05) is 43.0 Å². The number of hydrogen-bond donors (Lipinski definition) is 1. The van der Waals surface area contributed by atoms with Gasteiger partial charge in [-0.3, -0.25) is 4.90 Å². The maximum Gasteiger partial charge on any atom is 0.410 e. The van der Waals surface area contributed by atoms with Crippen LogP contribution < -0.4 is 14.8 Å². The van der Waals surface area contributed by atoms with E-state index >= 15 is 4.39 Å². The van der Waals surface area contributed by atoms with Gasteiger partial charge in [-0.25, -0.2) is 14.2 Å². The smallest absolute Gasteiger partial charge is 0.410 e. The Hall–Kier alpha value is -3.93. The minimum absolute atomic E-state index is 0.0396. The van der Waals surface area contributed by atoms with E-state index in [0.29, 0.717) is 52.4 Å². The molecule has 4 aromatic rings. The Bertz CT molecular complexity index is 2080. The van der Waals surface area contributed by atoms with E-state index in [0.717, 1.165) is 40.1 Å². The van der Waals surface area contributed by atoms with Gasteiger partial charge in [0.05, 0.1) is 27.4 Å². The van der Waals surface area contributed by atoms with Gasteiger partial charge in [0.2, 0.25) is 5.88 Å². The number of methoxy groups -OCH3 is 1. The van der Waals surface area contributed by atoms with Gasteiger partial charge < -0.3 is 29.2 Å². The Labute approximate surface area is 324 Å². The van der Waals surface area contributed by atoms with Crippen LogP contribution in [0.4, 0.5) is 14.9 Å². The molecule has 5 atom stereocenters. The van der Waals surface area contributed by atoms with E-state index in [1.54, 1.807) is 7.11 Å². The molecule has 8 rings (SSSR count). The molecule has 280 valence electrons. The number of ether oxygens (including phenoxy) is 4. The number of rotatable bonds is 11. The molecule has 4 heterocycles. The SMILES string of the molecule is COCOc1cc(-c2c(CCC#N)cc3c(NC4C5CC4N(C(=O)OC(C)(C)C)C5)c(I)c(O[C@@H](C)[C@@H]4CCCN4C)nc3c2F)c2ccccc2c1. The average molecular weight is 836 g/mol. The van der Waals surface area contributed by atoms with Gasteiger partial charge in [0.1, 0.15) is 23.0 Å². The number of likely N-dealkylation sites (N-methyl/N-ethyl adjacent to an activating group) is 1. The summed E-state index contributed by atoms with van der Waals surface area (Å²) in [6, 6.07) is 15.9. The van der Waals surface area contributed by atoms with E-state index in [1.807, 2.05) is 68.1 Å². The molecule has 1 aromatic heterocycles. The van der Waals surface area contributed by atoms with Crippen molar-refractivity contribution >= 4 is 56.0 Å². The normalized spacial score (nSPS) is 21.8. The number of fused-ring (bicyclic) bond motifs is 3. The number of aromatic nitrogens is 1. The number of benzene rings is 3. The van der Waals surface area contributed by atoms with Crippen molar-refractivity contribution in [1.82, 2.24) is 14.8 Å². The first-order valence-electron chi connectivity index (χ1n) is 18.4. The largest absolute Gasteiger partial charge is 0.472 e. The first kappa shape index (κ1) is 37.4. The number of aryl methyl sites for hydroxylation is 1. The van der Waals surface area contributed by atoms with Crippen LogP contribution in [0, 0.1) is 26.6 Å². The van der Waals surface area contributed by atoms with E-state index in [9.17, 15) is 10.1 Å². The molecule has 53 heavy (non-hydrogen) atoms. The molecule has 12 heteroatoms. The zero-order chi connectivity index (χ0) is 37.6. The molecule has 3 aromatic carbocycles. The van der Waals surface area contributed by atoms with Crippen LogP contribution in [0.5, 0.6) is 11.6 Å². The maximum absolute atomic E-state index is 17.7. The van der Waals surface area contributed by atoms with Crippen LogP contribution in [0.25, 0.3) is 32.8 Å². The number of carbonyl (C=O) groups is 1. The molecular formula is C41H47FIN5O5. The van der Waals surface area contributed by atoms with Crippen LogP contribution in [0.15, 0.2) is 42.5 Å². The Balaban J connectivity index is 1.39. The molecule has 0 radical (unpaired) electrons. The standard InChI is InChI=1S/C41H47FIN5O5/c1-23(31-14-10-16-47(31)5)52-39-35(43)38(45-36-26-19-32(36)48(21-26)40(49)53-41(2,3)4)30-18-25(12-9-15-44)33(34(42)37(30)46-39)29-20-27(51-22-50-6)17-24-11-7-8-13-28(24)29/h7-8,11,13,17-18,20,23,26,31-32,36H,9-10,12,14,16,19,21-22H2,1-6H3,(H,45,46)/t23-,26?,31-,32?,36?/m0/s1. The Morgan fingerprint density at radius 1 is 1.21 bits per heavy atom. The molecule has 1 saturated carbocycles. The number of pyridine rings is 1. The van der Waals surface area contributed by atoms with E-state index in [2.05, 4.69) is 52.8 Å². The number of amides is 1. The summed E-state index contributed by atoms with van der Waals surface area (Å²) >= 11 is 2.26. The highest BCUT2D eigenvalue weighted by Crippen LogP contribution is 2.47. The number of nitrogens with one attached hydrogen (secondary N) is 1. The summed E-state index contributed by atoms with van der Waals surface area (Å²) in [4.78, 5) is 22.3. The van der Waals surface area contributed by atoms with Crippen molar-refractivity contribution in [3.05, 3.63) is 57.4 Å². The van der Waals surface area contributed by atoms with Gasteiger partial charge in [0.15, 0.2) is 12.6 Å². The highest BCUT2D eigenvalue weighted by molar-refractivity contribution is 14.1. The minimum atomic E-state index is -0.601. The number of carbonyl (C=O) groups excluding carboxylic acids is 1. The highest BCUT2D eigenvalue weighted by atomic mass is 127. The van der Waals surface area contributed by atoms with Crippen molar-refractivity contribution in [2.24, 2.45) is 5.92 Å². The quantitative estimate of drug-likeness (QED) is 0.118. The highest BCUT2D eigenvalue weighted by Gasteiger charge is 2.55. The summed E-state index contributed by atoms with van der Waals surface area (Å²) in [6.07, 6.45) is 2.99. The summed E-state index contributed by atoms with van der Waals surface area (Å²) in [7, 11) is 3.66. The number of nitriles is 1. The van der Waals surface area contributed by atoms with Crippen LogP contribution in [-0.4, -0.2) is 84.7 Å². The van der Waals surface area contributed by atoms with Crippen LogP contribution >= 0.6 is 22.6 Å². The predicted octanol–water partition coefficient (Wildman–Crippen LogP) is 8.52. The van der Waals surface area contributed by atoms with Crippen LogP contribution in [0.2, 0.25) is 0 Å². The summed E-state index contributed by atoms with van der Waals surface area (Å²) < 4.78 is 41.9. The molecule has 3 saturated heterocycles. The fraction of sp³-hybridized carbons (Fsp3) is 0.488. The summed E-state index contributed by atoms with van der Waals surface area (Å²) in [6.45, 7) is 9.29. The lowest BCUT2D eigenvalue weighted by atomic mass is 9.79. The van der Waals surface area contributed by atoms with Crippen LogP contribution in [0.3, 0.4) is 0 Å². The Morgan fingerprint density at radius 2 is 2.00 bits per heavy atom. The molecule has 4 fully saturated rings. The molecular weight excluding hydrogens is 788 g/mol. The van der Waals surface area contributed by atoms with Gasteiger partial charge in [-0.1, -0.05) is 24.3 Å². The molecule has 10 nitrogen and oxygen atoms in total. The Kier molecular flexibility index (Phi) is 10.6. The first-order chi connectivity index (χ1) is 25.4. The van der Waals surface area contributed by atoms with Gasteiger partial charge in [-0.15, -0.1) is 0 Å². The van der Waals surface area contributed by atoms with Crippen molar-refractivity contribution in [2.75, 3.05) is 39.4 Å². The third-order valence-corrected chi connectivity index (χ3v) is 11.8. The topological polar surface area (TPSA) is 109 Å². The molecule has 4 aliphatic rings. The second kappa shape index (κ2) is 15.1. The predicted molar refractivity (Wildman–Crippen MR) is 212 cm³/mol. The second-order valence-corrected chi connectivity index (χ2v) is 16.6. The average Bonchev–Trinajstić information content (AvgIpc) is 3.85. The maximum atomic E-state index is 17.7. The Morgan fingerprint density at radius 3 is 2.72 bits per heavy atom. The lowest BCUT2D eigenvalue weighted by molar-refractivity contribution is 0.0239. The van der Waals surface area contributed by atoms with Gasteiger partial charge in [-0.2, -0.15) is 5.26 Å². The van der Waals surface area contributed by atoms with Gasteiger partial charge in [-0.05, 0) is 130 Å². The van der Waals surface area contributed by atoms with Crippen molar-refractivity contribution in [3.63, 3.8) is 0 Å². The summed E-state index contributed by atoms with van der Waals surface area (Å²) in [5.74, 6) is 0.621. The zero-order valence-electron chi connectivity index (χ0n) is 31.2. The van der Waals surface area contributed by atoms with Crippen molar-refractivity contribution in [2.45, 2.75) is 89.6 Å². The van der Waals surface area contributed by atoms with Gasteiger partial charge in [0.25, 0.3) is 0 Å². The number of hydrogen-bond acceptors (Lipinski definition) is 9. The summed E-state index contributed by atoms with van der Waals surface area (Å²) in [5, 5.41) is 15.8. The lowest BCUT2D eigenvalue weighted by Crippen LogP contribution is -2.50. The van der Waals surface area contributed by atoms with E-state index in [1.165, 1.54) is 0 Å². The van der Waals surface area contributed by atoms with Crippen LogP contribution in [-0.2, 0) is 15.9 Å². The lowest BCUT2D eigenvalue weighted by Gasteiger charge is -2.38. The first-order valence-corrected chi connectivity index (χ1v) is 19.5. The van der Waals surface area contributed by atoms with Crippen molar-refractivity contribution in [1.29, 1.82) is 5.26 Å². The van der Waals surface area contributed by atoms with E-state index < -0.39 is 11.4 Å². The fourth-order valence-electron chi connectivity index (χ4n) is 8.28. The minimum Gasteiger partial charge on any atom is -0.472 e. The zero-order valence-corrected chi connectivity index (χ0v) is 33.3. The number of anilines is 1. The molecule has 0 spiro atoms.